The van der Waals surface area contributed by atoms with Crippen LogP contribution in [0.3, 0.4) is 0 Å². The summed E-state index contributed by atoms with van der Waals surface area (Å²) in [6.45, 7) is 0. The normalized spacial score (nSPS) is 10.5. The number of para-hydroxylation sites is 2. The van der Waals surface area contributed by atoms with Gasteiger partial charge in [0, 0.05) is 12.1 Å². The Morgan fingerprint density at radius 2 is 1.62 bits per heavy atom. The van der Waals surface area contributed by atoms with E-state index in [1.807, 2.05) is 24.3 Å². The van der Waals surface area contributed by atoms with E-state index in [0.29, 0.717) is 28.8 Å². The van der Waals surface area contributed by atoms with Crippen molar-refractivity contribution in [2.45, 2.75) is 0 Å². The van der Waals surface area contributed by atoms with Crippen molar-refractivity contribution in [3.8, 4) is 17.2 Å². The van der Waals surface area contributed by atoms with E-state index in [0.717, 1.165) is 11.0 Å². The molecule has 24 heavy (non-hydrogen) atoms. The number of fused-ring (bicyclic) bond motifs is 1. The number of hydrogen-bond acceptors (Lipinski definition) is 7. The lowest BCUT2D eigenvalue weighted by Crippen LogP contribution is -2.04. The predicted molar refractivity (Wildman–Crippen MR) is 93.3 cm³/mol. The fraction of sp³-hybridized carbons (Fsp3) is 0.176. The smallest absolute Gasteiger partial charge is 0.184 e. The van der Waals surface area contributed by atoms with Crippen LogP contribution in [0.5, 0.6) is 17.2 Å². The monoisotopic (exact) mass is 326 g/mol. The van der Waals surface area contributed by atoms with Crippen LogP contribution in [0.4, 0.5) is 17.3 Å². The Morgan fingerprint density at radius 3 is 2.25 bits per heavy atom. The third-order valence-corrected chi connectivity index (χ3v) is 3.54. The summed E-state index contributed by atoms with van der Waals surface area (Å²) in [5.41, 5.74) is 8.11. The fourth-order valence-electron chi connectivity index (χ4n) is 2.38. The lowest BCUT2D eigenvalue weighted by Gasteiger charge is -2.16. The van der Waals surface area contributed by atoms with Crippen molar-refractivity contribution in [1.29, 1.82) is 0 Å². The van der Waals surface area contributed by atoms with Gasteiger partial charge in [0.15, 0.2) is 23.1 Å². The number of aromatic nitrogens is 2. The minimum atomic E-state index is 0.289. The van der Waals surface area contributed by atoms with Crippen molar-refractivity contribution in [3.63, 3.8) is 0 Å². The van der Waals surface area contributed by atoms with Crippen LogP contribution in [0.25, 0.3) is 11.0 Å². The number of anilines is 3. The number of methoxy groups -OCH3 is 3. The zero-order chi connectivity index (χ0) is 17.1. The standard InChI is InChI=1S/C17H18N4O3/c1-22-10-8-13(15(24-3)14(9-10)23-2)21-17-16(18)19-11-6-4-5-7-12(11)20-17/h4-9H,1-3H3,(H2,18,19)(H,20,21). The quantitative estimate of drug-likeness (QED) is 0.744. The first kappa shape index (κ1) is 15.7. The topological polar surface area (TPSA) is 91.5 Å². The number of hydrogen-bond donors (Lipinski definition) is 2. The average molecular weight is 326 g/mol. The highest BCUT2D eigenvalue weighted by Crippen LogP contribution is 2.41. The van der Waals surface area contributed by atoms with E-state index < -0.39 is 0 Å². The van der Waals surface area contributed by atoms with Gasteiger partial charge in [-0.15, -0.1) is 0 Å². The molecule has 0 aliphatic heterocycles. The second-order valence-corrected chi connectivity index (χ2v) is 4.98. The first-order chi connectivity index (χ1) is 11.7. The van der Waals surface area contributed by atoms with Gasteiger partial charge in [0.25, 0.3) is 0 Å². The van der Waals surface area contributed by atoms with Gasteiger partial charge in [0.2, 0.25) is 0 Å². The molecule has 0 bridgehead atoms. The second kappa shape index (κ2) is 6.49. The number of nitrogens with zero attached hydrogens (tertiary/aromatic N) is 2. The Balaban J connectivity index is 2.09. The summed E-state index contributed by atoms with van der Waals surface area (Å²) >= 11 is 0. The van der Waals surface area contributed by atoms with Crippen LogP contribution >= 0.6 is 0 Å². The van der Waals surface area contributed by atoms with Crippen molar-refractivity contribution in [2.75, 3.05) is 32.4 Å². The molecule has 0 atom stereocenters. The zero-order valence-electron chi connectivity index (χ0n) is 13.7. The van der Waals surface area contributed by atoms with Crippen molar-refractivity contribution >= 4 is 28.4 Å². The molecule has 0 aliphatic rings. The molecule has 124 valence electrons. The van der Waals surface area contributed by atoms with Crippen molar-refractivity contribution < 1.29 is 14.2 Å². The molecule has 0 saturated carbocycles. The molecule has 7 heteroatoms. The van der Waals surface area contributed by atoms with Crippen LogP contribution < -0.4 is 25.3 Å². The summed E-state index contributed by atoms with van der Waals surface area (Å²) in [4.78, 5) is 8.88. The first-order valence-corrected chi connectivity index (χ1v) is 7.25. The second-order valence-electron chi connectivity index (χ2n) is 4.98. The maximum absolute atomic E-state index is 6.03. The molecule has 3 rings (SSSR count). The summed E-state index contributed by atoms with van der Waals surface area (Å²) < 4.78 is 16.1. The van der Waals surface area contributed by atoms with Gasteiger partial charge < -0.3 is 25.3 Å². The van der Waals surface area contributed by atoms with E-state index in [9.17, 15) is 0 Å². The van der Waals surface area contributed by atoms with E-state index >= 15 is 0 Å². The maximum Gasteiger partial charge on any atom is 0.184 e. The summed E-state index contributed by atoms with van der Waals surface area (Å²) in [5.74, 6) is 2.39. The van der Waals surface area contributed by atoms with Gasteiger partial charge in [0.1, 0.15) is 5.75 Å². The highest BCUT2D eigenvalue weighted by atomic mass is 16.5. The number of nitrogens with one attached hydrogen (secondary N) is 1. The van der Waals surface area contributed by atoms with Gasteiger partial charge in [-0.05, 0) is 12.1 Å². The van der Waals surface area contributed by atoms with E-state index in [1.165, 1.54) is 0 Å². The lowest BCUT2D eigenvalue weighted by molar-refractivity contribution is 0.350. The number of ether oxygens (including phenoxy) is 3. The van der Waals surface area contributed by atoms with Gasteiger partial charge in [0.05, 0.1) is 38.1 Å². The van der Waals surface area contributed by atoms with Crippen molar-refractivity contribution in [1.82, 2.24) is 9.97 Å². The van der Waals surface area contributed by atoms with Crippen LogP contribution in [0.1, 0.15) is 0 Å². The number of benzene rings is 2. The Labute approximate surface area is 139 Å². The fourth-order valence-corrected chi connectivity index (χ4v) is 2.38. The molecular weight excluding hydrogens is 308 g/mol. The molecule has 2 aromatic carbocycles. The first-order valence-electron chi connectivity index (χ1n) is 7.25. The third kappa shape index (κ3) is 2.83. The average Bonchev–Trinajstić information content (AvgIpc) is 2.61. The van der Waals surface area contributed by atoms with Crippen molar-refractivity contribution in [2.24, 2.45) is 0 Å². The summed E-state index contributed by atoms with van der Waals surface area (Å²) in [6, 6.07) is 11.0. The number of nitrogen functional groups attached to an aromatic ring is 1. The molecule has 0 aliphatic carbocycles. The molecule has 0 spiro atoms. The number of rotatable bonds is 5. The van der Waals surface area contributed by atoms with Crippen LogP contribution in [-0.2, 0) is 0 Å². The molecule has 7 nitrogen and oxygen atoms in total. The van der Waals surface area contributed by atoms with Crippen LogP contribution in [-0.4, -0.2) is 31.3 Å². The highest BCUT2D eigenvalue weighted by Gasteiger charge is 2.15. The minimum Gasteiger partial charge on any atom is -0.497 e. The van der Waals surface area contributed by atoms with Crippen LogP contribution in [0.15, 0.2) is 36.4 Å². The molecular formula is C17H18N4O3. The molecule has 0 unspecified atom stereocenters. The van der Waals surface area contributed by atoms with Crippen LogP contribution in [0, 0.1) is 0 Å². The van der Waals surface area contributed by atoms with Crippen molar-refractivity contribution in [3.05, 3.63) is 36.4 Å². The minimum absolute atomic E-state index is 0.289. The summed E-state index contributed by atoms with van der Waals surface area (Å²) in [7, 11) is 4.70. The highest BCUT2D eigenvalue weighted by molar-refractivity contribution is 5.82. The van der Waals surface area contributed by atoms with Gasteiger partial charge in [-0.2, -0.15) is 0 Å². The Kier molecular flexibility index (Phi) is 4.24. The van der Waals surface area contributed by atoms with Crippen LogP contribution in [0.2, 0.25) is 0 Å². The van der Waals surface area contributed by atoms with E-state index in [4.69, 9.17) is 19.9 Å². The summed E-state index contributed by atoms with van der Waals surface area (Å²) in [6.07, 6.45) is 0. The lowest BCUT2D eigenvalue weighted by atomic mass is 10.2. The molecule has 1 heterocycles. The molecule has 0 radical (unpaired) electrons. The molecule has 3 aromatic rings. The Morgan fingerprint density at radius 1 is 0.917 bits per heavy atom. The zero-order valence-corrected chi connectivity index (χ0v) is 13.7. The maximum atomic E-state index is 6.03. The predicted octanol–water partition coefficient (Wildman–Crippen LogP) is 2.98. The molecule has 3 N–H and O–H groups in total. The molecule has 0 fully saturated rings. The molecule has 0 saturated heterocycles. The van der Waals surface area contributed by atoms with E-state index in [1.54, 1.807) is 33.5 Å². The molecule has 0 amide bonds. The van der Waals surface area contributed by atoms with E-state index in [-0.39, 0.29) is 5.82 Å². The molecule has 1 aromatic heterocycles. The largest absolute Gasteiger partial charge is 0.497 e. The SMILES string of the molecule is COc1cc(Nc2nc3ccccc3nc2N)c(OC)c(OC)c1. The Bertz CT molecular complexity index is 883. The van der Waals surface area contributed by atoms with Gasteiger partial charge in [-0.1, -0.05) is 12.1 Å². The third-order valence-electron chi connectivity index (χ3n) is 3.54. The van der Waals surface area contributed by atoms with Gasteiger partial charge in [-0.3, -0.25) is 0 Å². The number of nitrogens with two attached hydrogens (primary N) is 1. The van der Waals surface area contributed by atoms with E-state index in [2.05, 4.69) is 15.3 Å². The van der Waals surface area contributed by atoms with Gasteiger partial charge in [-0.25, -0.2) is 9.97 Å². The Hall–Kier alpha value is -3.22. The summed E-state index contributed by atoms with van der Waals surface area (Å²) in [5, 5.41) is 3.15. The van der Waals surface area contributed by atoms with Gasteiger partial charge >= 0.3 is 0 Å².